The molecule has 25 heavy (non-hydrogen) atoms. The van der Waals surface area contributed by atoms with E-state index in [-0.39, 0.29) is 17.2 Å². The van der Waals surface area contributed by atoms with Gasteiger partial charge in [0, 0.05) is 13.1 Å². The van der Waals surface area contributed by atoms with Gasteiger partial charge in [-0.1, -0.05) is 18.9 Å². The van der Waals surface area contributed by atoms with Crippen molar-refractivity contribution >= 4 is 11.8 Å². The minimum atomic E-state index is -4.49. The van der Waals surface area contributed by atoms with E-state index in [9.17, 15) is 23.1 Å². The summed E-state index contributed by atoms with van der Waals surface area (Å²) in [6, 6.07) is 4.50. The molecule has 0 spiro atoms. The van der Waals surface area contributed by atoms with Gasteiger partial charge in [0.05, 0.1) is 11.3 Å². The first-order valence-corrected chi connectivity index (χ1v) is 7.99. The second-order valence-electron chi connectivity index (χ2n) is 5.92. The molecule has 1 aliphatic heterocycles. The van der Waals surface area contributed by atoms with Gasteiger partial charge in [-0.25, -0.2) is 4.79 Å². The number of alkyl halides is 3. The summed E-state index contributed by atoms with van der Waals surface area (Å²) in [5.41, 5.74) is -1.02. The van der Waals surface area contributed by atoms with Crippen LogP contribution in [0.1, 0.15) is 41.7 Å². The molecule has 1 fully saturated rings. The number of aromatic carboxylic acids is 1. The summed E-state index contributed by atoms with van der Waals surface area (Å²) in [6.45, 7) is 1.31. The molecule has 0 atom stereocenters. The average Bonchev–Trinajstić information content (AvgIpc) is 2.84. The summed E-state index contributed by atoms with van der Waals surface area (Å²) in [5.74, 6) is -1.05. The van der Waals surface area contributed by atoms with E-state index in [0.29, 0.717) is 13.1 Å². The first-order chi connectivity index (χ1) is 11.9. The van der Waals surface area contributed by atoms with Gasteiger partial charge in [-0.05, 0) is 31.0 Å². The topological polar surface area (TPSA) is 71.2 Å². The average molecular weight is 354 g/mol. The lowest BCUT2D eigenvalue weighted by molar-refractivity contribution is -0.137. The fourth-order valence-electron chi connectivity index (χ4n) is 2.85. The van der Waals surface area contributed by atoms with Crippen molar-refractivity contribution in [2.45, 2.75) is 31.9 Å². The van der Waals surface area contributed by atoms with Crippen LogP contribution in [0.5, 0.6) is 0 Å². The highest BCUT2D eigenvalue weighted by Crippen LogP contribution is 2.30. The Kier molecular flexibility index (Phi) is 4.65. The minimum absolute atomic E-state index is 0.0680. The molecule has 0 amide bonds. The largest absolute Gasteiger partial charge is 0.476 e. The number of anilines is 1. The zero-order chi connectivity index (χ0) is 18.0. The Labute approximate surface area is 141 Å². The van der Waals surface area contributed by atoms with Gasteiger partial charge < -0.3 is 10.0 Å². The zero-order valence-electron chi connectivity index (χ0n) is 13.3. The van der Waals surface area contributed by atoms with Crippen LogP contribution < -0.4 is 4.90 Å². The van der Waals surface area contributed by atoms with Crippen molar-refractivity contribution in [3.05, 3.63) is 35.5 Å². The van der Waals surface area contributed by atoms with Crippen LogP contribution in [0.4, 0.5) is 19.0 Å². The van der Waals surface area contributed by atoms with Crippen molar-refractivity contribution in [2.75, 3.05) is 18.0 Å². The van der Waals surface area contributed by atoms with Crippen molar-refractivity contribution in [1.82, 2.24) is 15.0 Å². The molecule has 1 aromatic carbocycles. The summed E-state index contributed by atoms with van der Waals surface area (Å²) in [6.07, 6.45) is -0.557. The maximum Gasteiger partial charge on any atom is 0.416 e. The highest BCUT2D eigenvalue weighted by molar-refractivity contribution is 5.91. The van der Waals surface area contributed by atoms with Crippen LogP contribution in [0.25, 0.3) is 5.69 Å². The summed E-state index contributed by atoms with van der Waals surface area (Å²) in [5, 5.41) is 17.5. The Morgan fingerprint density at radius 2 is 1.76 bits per heavy atom. The molecule has 6 nitrogen and oxygen atoms in total. The smallest absolute Gasteiger partial charge is 0.416 e. The second kappa shape index (κ2) is 6.73. The lowest BCUT2D eigenvalue weighted by atomic mass is 10.2. The molecule has 0 aliphatic carbocycles. The molecule has 1 saturated heterocycles. The summed E-state index contributed by atoms with van der Waals surface area (Å²) in [4.78, 5) is 14.3. The van der Waals surface area contributed by atoms with E-state index in [0.717, 1.165) is 42.6 Å². The van der Waals surface area contributed by atoms with Gasteiger partial charge in [0.2, 0.25) is 5.69 Å². The molecular weight excluding hydrogens is 337 g/mol. The van der Waals surface area contributed by atoms with Crippen molar-refractivity contribution in [2.24, 2.45) is 0 Å². The van der Waals surface area contributed by atoms with Crippen molar-refractivity contribution in [3.63, 3.8) is 0 Å². The zero-order valence-corrected chi connectivity index (χ0v) is 13.3. The van der Waals surface area contributed by atoms with Gasteiger partial charge in [0.15, 0.2) is 5.82 Å². The number of carboxylic acids is 1. The molecule has 0 unspecified atom stereocenters. The van der Waals surface area contributed by atoms with Crippen molar-refractivity contribution in [1.29, 1.82) is 0 Å². The van der Waals surface area contributed by atoms with E-state index in [2.05, 4.69) is 10.2 Å². The van der Waals surface area contributed by atoms with Crippen LogP contribution in [-0.4, -0.2) is 39.2 Å². The molecule has 1 aliphatic rings. The number of nitrogens with zero attached hydrogens (tertiary/aromatic N) is 4. The van der Waals surface area contributed by atoms with Gasteiger partial charge in [-0.3, -0.25) is 0 Å². The predicted molar refractivity (Wildman–Crippen MR) is 84.0 cm³/mol. The second-order valence-corrected chi connectivity index (χ2v) is 5.92. The fourth-order valence-corrected chi connectivity index (χ4v) is 2.85. The van der Waals surface area contributed by atoms with E-state index in [1.165, 1.54) is 12.1 Å². The van der Waals surface area contributed by atoms with Crippen LogP contribution in [0, 0.1) is 0 Å². The molecule has 0 saturated carbocycles. The van der Waals surface area contributed by atoms with E-state index >= 15 is 0 Å². The van der Waals surface area contributed by atoms with E-state index in [1.807, 2.05) is 4.90 Å². The summed E-state index contributed by atoms with van der Waals surface area (Å²) in [7, 11) is 0. The van der Waals surface area contributed by atoms with Crippen molar-refractivity contribution < 1.29 is 23.1 Å². The van der Waals surface area contributed by atoms with Gasteiger partial charge in [0.1, 0.15) is 0 Å². The predicted octanol–water partition coefficient (Wildman–Crippen LogP) is 3.36. The number of benzene rings is 1. The molecular formula is C16H17F3N4O2. The standard InChI is InChI=1S/C16H17F3N4O2/c17-16(18,19)11-6-5-7-12(10-11)23-20-13(15(24)25)14(21-23)22-8-3-1-2-4-9-22/h5-7,10H,1-4,8-9H2,(H,24,25). The molecule has 0 radical (unpaired) electrons. The third kappa shape index (κ3) is 3.75. The molecule has 9 heteroatoms. The number of rotatable bonds is 3. The number of aromatic nitrogens is 3. The lowest BCUT2D eigenvalue weighted by Crippen LogP contribution is -2.26. The fraction of sp³-hybridized carbons (Fsp3) is 0.438. The first kappa shape index (κ1) is 17.2. The van der Waals surface area contributed by atoms with Crippen LogP contribution in [-0.2, 0) is 6.18 Å². The number of hydrogen-bond acceptors (Lipinski definition) is 4. The number of hydrogen-bond donors (Lipinski definition) is 1. The third-order valence-electron chi connectivity index (χ3n) is 4.11. The van der Waals surface area contributed by atoms with E-state index < -0.39 is 17.7 Å². The molecule has 2 aromatic rings. The maximum absolute atomic E-state index is 12.9. The van der Waals surface area contributed by atoms with Crippen LogP contribution in [0.2, 0.25) is 0 Å². The van der Waals surface area contributed by atoms with Gasteiger partial charge in [0.25, 0.3) is 0 Å². The Balaban J connectivity index is 2.00. The van der Waals surface area contributed by atoms with E-state index in [1.54, 1.807) is 0 Å². The molecule has 134 valence electrons. The molecule has 3 rings (SSSR count). The minimum Gasteiger partial charge on any atom is -0.476 e. The maximum atomic E-state index is 12.9. The molecule has 1 aromatic heterocycles. The lowest BCUT2D eigenvalue weighted by Gasteiger charge is -2.19. The van der Waals surface area contributed by atoms with Gasteiger partial charge in [-0.2, -0.15) is 13.2 Å². The monoisotopic (exact) mass is 354 g/mol. The third-order valence-corrected chi connectivity index (χ3v) is 4.11. The summed E-state index contributed by atoms with van der Waals surface area (Å²) >= 11 is 0. The highest BCUT2D eigenvalue weighted by atomic mass is 19.4. The first-order valence-electron chi connectivity index (χ1n) is 7.99. The number of halogens is 3. The van der Waals surface area contributed by atoms with Crippen LogP contribution >= 0.6 is 0 Å². The normalized spacial score (nSPS) is 15.9. The van der Waals surface area contributed by atoms with Gasteiger partial charge >= 0.3 is 12.1 Å². The Bertz CT molecular complexity index is 765. The Hall–Kier alpha value is -2.58. The summed E-state index contributed by atoms with van der Waals surface area (Å²) < 4.78 is 38.6. The van der Waals surface area contributed by atoms with E-state index in [4.69, 9.17) is 0 Å². The van der Waals surface area contributed by atoms with Gasteiger partial charge in [-0.15, -0.1) is 15.0 Å². The Morgan fingerprint density at radius 1 is 1.08 bits per heavy atom. The van der Waals surface area contributed by atoms with Crippen molar-refractivity contribution in [3.8, 4) is 5.69 Å². The van der Waals surface area contributed by atoms with Crippen LogP contribution in [0.15, 0.2) is 24.3 Å². The van der Waals surface area contributed by atoms with Crippen LogP contribution in [0.3, 0.4) is 0 Å². The quantitative estimate of drug-likeness (QED) is 0.915. The molecule has 2 heterocycles. The highest BCUT2D eigenvalue weighted by Gasteiger charge is 2.31. The Morgan fingerprint density at radius 3 is 2.36 bits per heavy atom. The molecule has 1 N–H and O–H groups in total. The molecule has 0 bridgehead atoms. The number of carbonyl (C=O) groups is 1. The SMILES string of the molecule is O=C(O)c1nn(-c2cccc(C(F)(F)F)c2)nc1N1CCCCCC1. The number of carboxylic acid groups (broad SMARTS) is 1.